The molecule has 61 heavy (non-hydrogen) atoms. The highest BCUT2D eigenvalue weighted by Gasteiger charge is 2.38. The summed E-state index contributed by atoms with van der Waals surface area (Å²) < 4.78 is 5.42. The van der Waals surface area contributed by atoms with Gasteiger partial charge in [-0.3, -0.25) is 39.1 Å². The Morgan fingerprint density at radius 1 is 0.836 bits per heavy atom. The second-order valence-corrected chi connectivity index (χ2v) is 14.5. The summed E-state index contributed by atoms with van der Waals surface area (Å²) in [6.07, 6.45) is 5.98. The van der Waals surface area contributed by atoms with E-state index in [0.717, 1.165) is 16.5 Å². The first-order chi connectivity index (χ1) is 29.4. The van der Waals surface area contributed by atoms with E-state index in [1.165, 1.54) is 29.2 Å². The summed E-state index contributed by atoms with van der Waals surface area (Å²) in [6.45, 7) is -0.788. The zero-order valence-corrected chi connectivity index (χ0v) is 33.0. The fourth-order valence-corrected chi connectivity index (χ4v) is 7.03. The highest BCUT2D eigenvalue weighted by molar-refractivity contribution is 5.95. The van der Waals surface area contributed by atoms with Gasteiger partial charge in [0.1, 0.15) is 23.9 Å². The Morgan fingerprint density at radius 3 is 2.23 bits per heavy atom. The number of ether oxygens (including phenoxy) is 1. The van der Waals surface area contributed by atoms with Crippen LogP contribution in [-0.2, 0) is 48.0 Å². The van der Waals surface area contributed by atoms with Crippen molar-refractivity contribution in [3.05, 3.63) is 136 Å². The number of fused-ring (bicyclic) bond motifs is 1. The molecule has 3 heterocycles. The van der Waals surface area contributed by atoms with Gasteiger partial charge in [0.15, 0.2) is 0 Å². The molecule has 7 N–H and O–H groups in total. The number of non-ortho nitro benzene ring substituents is 1. The second kappa shape index (κ2) is 20.5. The first kappa shape index (κ1) is 43.1. The van der Waals surface area contributed by atoms with E-state index in [1.54, 1.807) is 61.1 Å². The minimum atomic E-state index is -1.19. The van der Waals surface area contributed by atoms with E-state index in [4.69, 9.17) is 10.5 Å². The molecular weight excluding hydrogens is 787 g/mol. The Morgan fingerprint density at radius 2 is 1.51 bits per heavy atom. The number of likely N-dealkylation sites (tertiary alicyclic amines) is 1. The summed E-state index contributed by atoms with van der Waals surface area (Å²) in [5.74, 6) is -3.87. The number of amides is 5. The number of nitrogens with two attached hydrogens (primary N) is 1. The van der Waals surface area contributed by atoms with E-state index in [9.17, 15) is 38.9 Å². The minimum Gasteiger partial charge on any atom is -0.425 e. The molecule has 3 aromatic carbocycles. The van der Waals surface area contributed by atoms with Crippen molar-refractivity contribution in [2.75, 3.05) is 19.6 Å². The number of H-pyrrole nitrogens is 1. The molecule has 5 aromatic rings. The summed E-state index contributed by atoms with van der Waals surface area (Å²) >= 11 is 0. The molecule has 18 heteroatoms. The molecule has 18 nitrogen and oxygen atoms in total. The largest absolute Gasteiger partial charge is 0.425 e. The van der Waals surface area contributed by atoms with Crippen LogP contribution in [0.5, 0.6) is 5.75 Å². The first-order valence-corrected chi connectivity index (χ1v) is 19.6. The van der Waals surface area contributed by atoms with Crippen LogP contribution >= 0.6 is 0 Å². The van der Waals surface area contributed by atoms with Gasteiger partial charge in [0.25, 0.3) is 5.69 Å². The van der Waals surface area contributed by atoms with Gasteiger partial charge in [0.05, 0.1) is 24.1 Å². The van der Waals surface area contributed by atoms with Crippen LogP contribution in [0.15, 0.2) is 110 Å². The lowest BCUT2D eigenvalue weighted by Gasteiger charge is -2.29. The zero-order valence-electron chi connectivity index (χ0n) is 33.0. The molecule has 2 aromatic heterocycles. The Labute approximate surface area is 349 Å². The first-order valence-electron chi connectivity index (χ1n) is 19.6. The van der Waals surface area contributed by atoms with Crippen molar-refractivity contribution in [1.29, 1.82) is 0 Å². The molecule has 6 rings (SSSR count). The van der Waals surface area contributed by atoms with Gasteiger partial charge >= 0.3 is 5.97 Å². The van der Waals surface area contributed by atoms with E-state index >= 15 is 0 Å². The number of aromatic nitrogens is 2. The van der Waals surface area contributed by atoms with Crippen LogP contribution in [-0.4, -0.2) is 99.1 Å². The number of hydrogen-bond donors (Lipinski definition) is 6. The van der Waals surface area contributed by atoms with Crippen molar-refractivity contribution in [2.24, 2.45) is 5.73 Å². The number of carbonyl (C=O) groups is 6. The molecule has 4 atom stereocenters. The number of carbonyl (C=O) groups excluding carboxylic acids is 6. The maximum Gasteiger partial charge on any atom is 0.334 e. The Hall–Kier alpha value is -7.47. The maximum atomic E-state index is 14.1. The molecule has 1 aliphatic rings. The summed E-state index contributed by atoms with van der Waals surface area (Å²) in [5.41, 5.74) is 9.10. The molecule has 0 radical (unpaired) electrons. The number of nitro groups is 1. The summed E-state index contributed by atoms with van der Waals surface area (Å²) in [4.78, 5) is 99.3. The van der Waals surface area contributed by atoms with Crippen molar-refractivity contribution in [1.82, 2.24) is 36.1 Å². The SMILES string of the molecule is N[C@@H](Cc1c[nH]c2ccccc12)C(=O)NCC(=O)N[C@@H](Cc1cccnc1)C(=O)N1CCC[C@H]1C(=O)NCC(=O)N[C@H](Cc1ccccc1)C(=O)Oc1ccc([N+](=O)[O-])cc1. The highest BCUT2D eigenvalue weighted by Crippen LogP contribution is 2.22. The number of nitrogens with one attached hydrogen (secondary N) is 5. The van der Waals surface area contributed by atoms with E-state index in [2.05, 4.69) is 31.2 Å². The van der Waals surface area contributed by atoms with E-state index in [-0.39, 0.29) is 43.7 Å². The molecule has 0 unspecified atom stereocenters. The predicted molar refractivity (Wildman–Crippen MR) is 221 cm³/mol. The maximum absolute atomic E-state index is 14.1. The summed E-state index contributed by atoms with van der Waals surface area (Å²) in [5, 5.41) is 22.4. The number of nitrogens with zero attached hydrogens (tertiary/aromatic N) is 3. The Balaban J connectivity index is 1.05. The molecule has 0 saturated carbocycles. The molecule has 316 valence electrons. The number of pyridine rings is 1. The van der Waals surface area contributed by atoms with Gasteiger partial charge in [-0.2, -0.15) is 0 Å². The number of esters is 1. The number of nitro benzene ring substituents is 1. The van der Waals surface area contributed by atoms with Gasteiger partial charge < -0.3 is 41.6 Å². The van der Waals surface area contributed by atoms with Crippen LogP contribution in [0.1, 0.15) is 29.5 Å². The van der Waals surface area contributed by atoms with Crippen LogP contribution in [0.3, 0.4) is 0 Å². The molecular formula is C43H45N9O9. The van der Waals surface area contributed by atoms with Crippen molar-refractivity contribution in [2.45, 2.75) is 56.3 Å². The van der Waals surface area contributed by atoms with Crippen LogP contribution < -0.4 is 31.7 Å². The van der Waals surface area contributed by atoms with Crippen LogP contribution in [0.4, 0.5) is 5.69 Å². The van der Waals surface area contributed by atoms with Gasteiger partial charge in [0, 0.05) is 61.0 Å². The lowest BCUT2D eigenvalue weighted by Crippen LogP contribution is -2.56. The lowest BCUT2D eigenvalue weighted by molar-refractivity contribution is -0.384. The molecule has 1 saturated heterocycles. The normalized spacial score (nSPS) is 14.9. The highest BCUT2D eigenvalue weighted by atomic mass is 16.6. The topological polar surface area (TPSA) is 261 Å². The summed E-state index contributed by atoms with van der Waals surface area (Å²) in [6, 6.07) is 20.5. The Kier molecular flexibility index (Phi) is 14.5. The van der Waals surface area contributed by atoms with Crippen LogP contribution in [0, 0.1) is 10.1 Å². The molecule has 1 fully saturated rings. The number of benzene rings is 3. The van der Waals surface area contributed by atoms with E-state index in [1.807, 2.05) is 24.3 Å². The standard InChI is InChI=1S/C43H45N9O9/c44-33(22-29-24-46-34-12-5-4-11-32(29)34)40(55)47-25-38(53)49-35(21-28-10-6-18-45-23-28)42(57)51-19-7-13-37(51)41(56)48-26-39(54)50-36(20-27-8-2-1-3-9-27)43(58)61-31-16-14-30(15-17-31)52(59)60/h1-6,8-12,14-18,23-24,33,35-37,46H,7,13,19-22,25-26,44H2,(H,47,55)(H,48,56)(H,49,53)(H,50,54)/t33-,35-,36+,37-/m0/s1. The smallest absolute Gasteiger partial charge is 0.334 e. The minimum absolute atomic E-state index is 0.0338. The monoisotopic (exact) mass is 831 g/mol. The van der Waals surface area contributed by atoms with Gasteiger partial charge in [-0.05, 0) is 60.2 Å². The van der Waals surface area contributed by atoms with E-state index < -0.39 is 77.7 Å². The predicted octanol–water partition coefficient (Wildman–Crippen LogP) is 1.62. The quantitative estimate of drug-likeness (QED) is 0.0320. The van der Waals surface area contributed by atoms with Gasteiger partial charge in [-0.1, -0.05) is 54.6 Å². The molecule has 5 amide bonds. The number of aromatic amines is 1. The average Bonchev–Trinajstić information content (AvgIpc) is 3.93. The molecule has 0 bridgehead atoms. The van der Waals surface area contributed by atoms with Crippen molar-refractivity contribution < 1.29 is 38.4 Å². The third-order valence-electron chi connectivity index (χ3n) is 10.1. The average molecular weight is 832 g/mol. The third-order valence-corrected chi connectivity index (χ3v) is 10.1. The zero-order chi connectivity index (χ0) is 43.3. The number of rotatable bonds is 18. The molecule has 1 aliphatic heterocycles. The van der Waals surface area contributed by atoms with Gasteiger partial charge in [0.2, 0.25) is 29.5 Å². The van der Waals surface area contributed by atoms with Gasteiger partial charge in [-0.15, -0.1) is 0 Å². The van der Waals surface area contributed by atoms with Crippen LogP contribution in [0.25, 0.3) is 10.9 Å². The van der Waals surface area contributed by atoms with Crippen LogP contribution in [0.2, 0.25) is 0 Å². The number of para-hydroxylation sites is 1. The molecule has 0 spiro atoms. The van der Waals surface area contributed by atoms with Gasteiger partial charge in [-0.25, -0.2) is 4.79 Å². The fourth-order valence-electron chi connectivity index (χ4n) is 7.03. The van der Waals surface area contributed by atoms with E-state index in [0.29, 0.717) is 17.5 Å². The second-order valence-electron chi connectivity index (χ2n) is 14.5. The van der Waals surface area contributed by atoms with Crippen molar-refractivity contribution in [3.63, 3.8) is 0 Å². The lowest BCUT2D eigenvalue weighted by atomic mass is 10.0. The van der Waals surface area contributed by atoms with Crippen molar-refractivity contribution in [3.8, 4) is 5.75 Å². The summed E-state index contributed by atoms with van der Waals surface area (Å²) in [7, 11) is 0. The van der Waals surface area contributed by atoms with Crippen molar-refractivity contribution >= 4 is 52.1 Å². The Bertz CT molecular complexity index is 2360. The molecule has 0 aliphatic carbocycles. The third kappa shape index (κ3) is 11.8. The fraction of sp³-hybridized carbons (Fsp3) is 0.279. The number of hydrogen-bond acceptors (Lipinski definition) is 11.